The molecule has 0 saturated carbocycles. The largest absolute Gasteiger partial charge is 0.383 e. The maximum atomic E-state index is 5.23. The summed E-state index contributed by atoms with van der Waals surface area (Å²) in [5.74, 6) is 0. The van der Waals surface area contributed by atoms with Crippen LogP contribution in [0.1, 0.15) is 0 Å². The molecule has 0 heterocycles. The van der Waals surface area contributed by atoms with E-state index in [4.69, 9.17) is 14.2 Å². The third-order valence-electron chi connectivity index (χ3n) is 1.34. The van der Waals surface area contributed by atoms with Crippen LogP contribution in [0.25, 0.3) is 0 Å². The minimum Gasteiger partial charge on any atom is -0.383 e. The summed E-state index contributed by atoms with van der Waals surface area (Å²) in [7, 11) is 3.36. The van der Waals surface area contributed by atoms with Crippen LogP contribution in [0.2, 0.25) is 0 Å². The monoisotopic (exact) mass is 177 g/mol. The van der Waals surface area contributed by atoms with E-state index >= 15 is 0 Å². The minimum atomic E-state index is 0.665. The highest BCUT2D eigenvalue weighted by Gasteiger charge is 1.87. The van der Waals surface area contributed by atoms with Crippen LogP contribution in [0.3, 0.4) is 0 Å². The second kappa shape index (κ2) is 10.8. The molecule has 0 radical (unpaired) electrons. The zero-order chi connectivity index (χ0) is 9.07. The van der Waals surface area contributed by atoms with Gasteiger partial charge in [0.25, 0.3) is 0 Å². The van der Waals surface area contributed by atoms with Crippen LogP contribution in [0, 0.1) is 0 Å². The molecule has 0 aliphatic rings. The fraction of sp³-hybridized carbons (Fsp3) is 1.00. The van der Waals surface area contributed by atoms with E-state index in [1.54, 1.807) is 14.2 Å². The number of hydrogen-bond acceptors (Lipinski definition) is 4. The van der Waals surface area contributed by atoms with Crippen molar-refractivity contribution in [2.24, 2.45) is 0 Å². The van der Waals surface area contributed by atoms with Gasteiger partial charge in [-0.1, -0.05) is 0 Å². The Labute approximate surface area is 74.2 Å². The first kappa shape index (κ1) is 11.8. The van der Waals surface area contributed by atoms with Gasteiger partial charge in [-0.3, -0.25) is 0 Å². The van der Waals surface area contributed by atoms with E-state index in [2.05, 4.69) is 5.32 Å². The predicted octanol–water partition coefficient (Wildman–Crippen LogP) is -0.115. The van der Waals surface area contributed by atoms with E-state index in [-0.39, 0.29) is 0 Å². The summed E-state index contributed by atoms with van der Waals surface area (Å²) < 4.78 is 14.9. The highest BCUT2D eigenvalue weighted by molar-refractivity contribution is 4.43. The summed E-state index contributed by atoms with van der Waals surface area (Å²) in [5.41, 5.74) is 0. The second-order valence-electron chi connectivity index (χ2n) is 2.35. The molecule has 4 nitrogen and oxygen atoms in total. The molecule has 12 heavy (non-hydrogen) atoms. The Morgan fingerprint density at radius 2 is 1.50 bits per heavy atom. The molecule has 0 bridgehead atoms. The lowest BCUT2D eigenvalue weighted by Crippen LogP contribution is -2.24. The topological polar surface area (TPSA) is 39.7 Å². The lowest BCUT2D eigenvalue weighted by molar-refractivity contribution is 0.0713. The summed E-state index contributed by atoms with van der Waals surface area (Å²) in [6.07, 6.45) is 0. The first-order valence-corrected chi connectivity index (χ1v) is 4.18. The normalized spacial score (nSPS) is 10.5. The van der Waals surface area contributed by atoms with Gasteiger partial charge in [0, 0.05) is 27.3 Å². The van der Waals surface area contributed by atoms with Gasteiger partial charge in [-0.25, -0.2) is 0 Å². The first-order chi connectivity index (χ1) is 5.91. The van der Waals surface area contributed by atoms with Gasteiger partial charge >= 0.3 is 0 Å². The maximum Gasteiger partial charge on any atom is 0.0700 e. The molecule has 0 unspecified atom stereocenters. The van der Waals surface area contributed by atoms with E-state index in [0.717, 1.165) is 26.3 Å². The van der Waals surface area contributed by atoms with Gasteiger partial charge < -0.3 is 19.5 Å². The predicted molar refractivity (Wildman–Crippen MR) is 47.4 cm³/mol. The zero-order valence-electron chi connectivity index (χ0n) is 7.97. The molecular weight excluding hydrogens is 158 g/mol. The SMILES string of the molecule is COCCNCCOCCOC. The van der Waals surface area contributed by atoms with Crippen LogP contribution in [0.4, 0.5) is 0 Å². The van der Waals surface area contributed by atoms with E-state index in [1.807, 2.05) is 0 Å². The Bertz CT molecular complexity index is 70.7. The second-order valence-corrected chi connectivity index (χ2v) is 2.35. The van der Waals surface area contributed by atoms with E-state index in [9.17, 15) is 0 Å². The van der Waals surface area contributed by atoms with Gasteiger partial charge in [0.15, 0.2) is 0 Å². The fourth-order valence-corrected chi connectivity index (χ4v) is 0.688. The molecule has 1 N–H and O–H groups in total. The van der Waals surface area contributed by atoms with Crippen LogP contribution in [-0.2, 0) is 14.2 Å². The molecular formula is C8H19NO3. The van der Waals surface area contributed by atoms with Gasteiger partial charge in [0.05, 0.1) is 26.4 Å². The Hall–Kier alpha value is -0.160. The van der Waals surface area contributed by atoms with Gasteiger partial charge in [-0.2, -0.15) is 0 Å². The van der Waals surface area contributed by atoms with Crippen LogP contribution in [0.5, 0.6) is 0 Å². The Kier molecular flexibility index (Phi) is 10.7. The Morgan fingerprint density at radius 1 is 0.833 bits per heavy atom. The van der Waals surface area contributed by atoms with Crippen molar-refractivity contribution in [3.63, 3.8) is 0 Å². The summed E-state index contributed by atoms with van der Waals surface area (Å²) >= 11 is 0. The molecule has 0 aromatic carbocycles. The molecule has 0 saturated heterocycles. The van der Waals surface area contributed by atoms with Crippen molar-refractivity contribution < 1.29 is 14.2 Å². The fourth-order valence-electron chi connectivity index (χ4n) is 0.688. The average Bonchev–Trinajstić information content (AvgIpc) is 2.10. The van der Waals surface area contributed by atoms with Crippen LogP contribution >= 0.6 is 0 Å². The van der Waals surface area contributed by atoms with Crippen molar-refractivity contribution in [3.05, 3.63) is 0 Å². The maximum absolute atomic E-state index is 5.23. The number of nitrogens with one attached hydrogen (secondary N) is 1. The summed E-state index contributed by atoms with van der Waals surface area (Å²) in [6, 6.07) is 0. The number of rotatable bonds is 9. The Morgan fingerprint density at radius 3 is 2.17 bits per heavy atom. The highest BCUT2D eigenvalue weighted by atomic mass is 16.5. The third kappa shape index (κ3) is 9.84. The summed E-state index contributed by atoms with van der Waals surface area (Å²) in [5, 5.41) is 3.17. The molecule has 0 aromatic heterocycles. The van der Waals surface area contributed by atoms with Crippen molar-refractivity contribution >= 4 is 0 Å². The number of hydrogen-bond donors (Lipinski definition) is 1. The summed E-state index contributed by atoms with van der Waals surface area (Å²) in [6.45, 7) is 4.56. The van der Waals surface area contributed by atoms with Crippen molar-refractivity contribution in [1.29, 1.82) is 0 Å². The lowest BCUT2D eigenvalue weighted by atomic mass is 10.6. The van der Waals surface area contributed by atoms with Crippen molar-refractivity contribution in [3.8, 4) is 0 Å². The van der Waals surface area contributed by atoms with Gasteiger partial charge in [0.1, 0.15) is 0 Å². The van der Waals surface area contributed by atoms with Crippen molar-refractivity contribution in [2.45, 2.75) is 0 Å². The van der Waals surface area contributed by atoms with Crippen LogP contribution < -0.4 is 5.32 Å². The van der Waals surface area contributed by atoms with E-state index < -0.39 is 0 Å². The third-order valence-corrected chi connectivity index (χ3v) is 1.34. The van der Waals surface area contributed by atoms with Crippen molar-refractivity contribution in [1.82, 2.24) is 5.32 Å². The molecule has 0 aliphatic heterocycles. The van der Waals surface area contributed by atoms with E-state index in [0.29, 0.717) is 13.2 Å². The molecule has 0 amide bonds. The van der Waals surface area contributed by atoms with Crippen LogP contribution in [-0.4, -0.2) is 53.7 Å². The smallest absolute Gasteiger partial charge is 0.0700 e. The zero-order valence-corrected chi connectivity index (χ0v) is 7.97. The molecule has 0 fully saturated rings. The van der Waals surface area contributed by atoms with Gasteiger partial charge in [-0.05, 0) is 0 Å². The van der Waals surface area contributed by atoms with Gasteiger partial charge in [0.2, 0.25) is 0 Å². The Balaban J connectivity index is 2.73. The molecule has 0 aromatic rings. The lowest BCUT2D eigenvalue weighted by Gasteiger charge is -2.04. The summed E-state index contributed by atoms with van der Waals surface area (Å²) in [4.78, 5) is 0. The molecule has 4 heteroatoms. The molecule has 0 rings (SSSR count). The number of methoxy groups -OCH3 is 2. The molecule has 0 spiro atoms. The highest BCUT2D eigenvalue weighted by Crippen LogP contribution is 1.74. The first-order valence-electron chi connectivity index (χ1n) is 4.18. The molecule has 0 atom stereocenters. The average molecular weight is 177 g/mol. The van der Waals surface area contributed by atoms with E-state index in [1.165, 1.54) is 0 Å². The quantitative estimate of drug-likeness (QED) is 0.499. The van der Waals surface area contributed by atoms with Crippen LogP contribution in [0.15, 0.2) is 0 Å². The van der Waals surface area contributed by atoms with Crippen molar-refractivity contribution in [2.75, 3.05) is 53.7 Å². The minimum absolute atomic E-state index is 0.665. The molecule has 74 valence electrons. The number of ether oxygens (including phenoxy) is 3. The standard InChI is InChI=1S/C8H19NO3/c1-10-5-3-9-4-6-12-8-7-11-2/h9H,3-8H2,1-2H3. The van der Waals surface area contributed by atoms with Gasteiger partial charge in [-0.15, -0.1) is 0 Å². The molecule has 0 aliphatic carbocycles.